The van der Waals surface area contributed by atoms with E-state index in [1.807, 2.05) is 29.0 Å². The van der Waals surface area contributed by atoms with Gasteiger partial charge in [-0.05, 0) is 42.2 Å². The second kappa shape index (κ2) is 4.97. The Kier molecular flexibility index (Phi) is 3.15. The summed E-state index contributed by atoms with van der Waals surface area (Å²) in [6, 6.07) is 9.55. The van der Waals surface area contributed by atoms with Crippen molar-refractivity contribution in [2.75, 3.05) is 0 Å². The van der Waals surface area contributed by atoms with Gasteiger partial charge < -0.3 is 0 Å². The molecular weight excluding hydrogens is 277 g/mol. The maximum atomic E-state index is 13.5. The van der Waals surface area contributed by atoms with Crippen LogP contribution in [0.4, 0.5) is 4.39 Å². The molecule has 1 aromatic carbocycles. The maximum absolute atomic E-state index is 13.5. The molecule has 2 aromatic heterocycles. The minimum absolute atomic E-state index is 0.0482. The number of hydrogen-bond donors (Lipinski definition) is 0. The number of fused-ring (bicyclic) bond motifs is 1. The van der Waals surface area contributed by atoms with Crippen molar-refractivity contribution in [2.24, 2.45) is 4.99 Å². The molecule has 0 saturated carbocycles. The number of carbonyl (C=O) groups is 1. The van der Waals surface area contributed by atoms with Gasteiger partial charge in [0.25, 0.3) is 5.91 Å². The van der Waals surface area contributed by atoms with Crippen LogP contribution < -0.4 is 4.80 Å². The van der Waals surface area contributed by atoms with Crippen molar-refractivity contribution in [3.05, 3.63) is 64.3 Å². The largest absolute Gasteiger partial charge is 0.282 e. The number of nitrogens with zero attached hydrogens (tertiary/aromatic N) is 3. The zero-order valence-electron chi connectivity index (χ0n) is 10.6. The maximum Gasteiger partial charge on any atom is 0.282 e. The monoisotopic (exact) mass is 287 g/mol. The second-order valence-corrected chi connectivity index (χ2v) is 5.21. The van der Waals surface area contributed by atoms with E-state index < -0.39 is 11.7 Å². The third-order valence-electron chi connectivity index (χ3n) is 2.73. The Morgan fingerprint density at radius 3 is 2.90 bits per heavy atom. The first-order chi connectivity index (χ1) is 9.63. The summed E-state index contributed by atoms with van der Waals surface area (Å²) in [6.45, 7) is 1.97. The first-order valence-corrected chi connectivity index (χ1v) is 6.71. The topological polar surface area (TPSA) is 46.7 Å². The predicted octanol–water partition coefficient (Wildman–Crippen LogP) is 2.58. The number of aryl methyl sites for hydroxylation is 1. The third-order valence-corrected chi connectivity index (χ3v) is 3.57. The van der Waals surface area contributed by atoms with Gasteiger partial charge in [-0.1, -0.05) is 18.2 Å². The molecule has 0 fully saturated rings. The number of hydrogen-bond acceptors (Lipinski definition) is 3. The Labute approximate surface area is 118 Å². The molecular formula is C14H10FN3OS. The van der Waals surface area contributed by atoms with E-state index in [4.69, 9.17) is 0 Å². The summed E-state index contributed by atoms with van der Waals surface area (Å²) >= 11 is 1.24. The van der Waals surface area contributed by atoms with Gasteiger partial charge in [0.05, 0.1) is 5.56 Å². The molecule has 0 atom stereocenters. The van der Waals surface area contributed by atoms with Crippen LogP contribution in [-0.2, 0) is 0 Å². The van der Waals surface area contributed by atoms with Gasteiger partial charge in [0.2, 0.25) is 4.80 Å². The summed E-state index contributed by atoms with van der Waals surface area (Å²) in [5.74, 6) is -1.20. The summed E-state index contributed by atoms with van der Waals surface area (Å²) in [5, 5.41) is 0. The molecule has 20 heavy (non-hydrogen) atoms. The molecule has 0 saturated heterocycles. The van der Waals surface area contributed by atoms with Crippen LogP contribution in [0.15, 0.2) is 47.6 Å². The van der Waals surface area contributed by atoms with Crippen molar-refractivity contribution in [3.8, 4) is 0 Å². The average molecular weight is 287 g/mol. The highest BCUT2D eigenvalue weighted by molar-refractivity contribution is 7.03. The molecule has 1 amide bonds. The minimum atomic E-state index is -0.625. The molecule has 6 heteroatoms. The summed E-state index contributed by atoms with van der Waals surface area (Å²) in [5.41, 5.74) is 1.74. The highest BCUT2D eigenvalue weighted by Crippen LogP contribution is 2.08. The SMILES string of the molecule is Cc1ccc2nc(=NC(=O)c3ccccc3F)sn2c1. The van der Waals surface area contributed by atoms with Crippen LogP contribution >= 0.6 is 11.5 Å². The predicted molar refractivity (Wildman–Crippen MR) is 74.1 cm³/mol. The van der Waals surface area contributed by atoms with Gasteiger partial charge in [-0.2, -0.15) is 9.98 Å². The Morgan fingerprint density at radius 1 is 1.30 bits per heavy atom. The molecule has 100 valence electrons. The van der Waals surface area contributed by atoms with Crippen LogP contribution in [0.25, 0.3) is 5.65 Å². The third kappa shape index (κ3) is 2.37. The second-order valence-electron chi connectivity index (χ2n) is 4.27. The normalized spacial score (nSPS) is 12.0. The fourth-order valence-corrected chi connectivity index (χ4v) is 2.61. The van der Waals surface area contributed by atoms with E-state index in [0.717, 1.165) is 5.56 Å². The Balaban J connectivity index is 2.06. The van der Waals surface area contributed by atoms with Crippen molar-refractivity contribution in [2.45, 2.75) is 6.92 Å². The first-order valence-electron chi connectivity index (χ1n) is 5.93. The fraction of sp³-hybridized carbons (Fsp3) is 0.0714. The van der Waals surface area contributed by atoms with Crippen LogP contribution in [-0.4, -0.2) is 14.7 Å². The van der Waals surface area contributed by atoms with Crippen molar-refractivity contribution in [1.82, 2.24) is 8.77 Å². The van der Waals surface area contributed by atoms with E-state index in [-0.39, 0.29) is 5.56 Å². The van der Waals surface area contributed by atoms with Gasteiger partial charge in [-0.15, -0.1) is 0 Å². The van der Waals surface area contributed by atoms with Crippen molar-refractivity contribution >= 4 is 23.1 Å². The lowest BCUT2D eigenvalue weighted by molar-refractivity contribution is 0.0994. The lowest BCUT2D eigenvalue weighted by Gasteiger charge is -1.94. The number of amides is 1. The van der Waals surface area contributed by atoms with E-state index >= 15 is 0 Å². The molecule has 3 aromatic rings. The lowest BCUT2D eigenvalue weighted by Crippen LogP contribution is -2.06. The van der Waals surface area contributed by atoms with Crippen LogP contribution in [0.2, 0.25) is 0 Å². The highest BCUT2D eigenvalue weighted by atomic mass is 32.1. The molecule has 0 bridgehead atoms. The molecule has 0 aliphatic rings. The number of rotatable bonds is 1. The number of pyridine rings is 1. The van der Waals surface area contributed by atoms with Crippen LogP contribution in [0.1, 0.15) is 15.9 Å². The molecule has 0 radical (unpaired) electrons. The van der Waals surface area contributed by atoms with Gasteiger partial charge in [-0.25, -0.2) is 4.39 Å². The Bertz CT molecular complexity index is 866. The molecule has 0 unspecified atom stereocenters. The smallest absolute Gasteiger partial charge is 0.267 e. The van der Waals surface area contributed by atoms with E-state index in [1.165, 1.54) is 29.7 Å². The van der Waals surface area contributed by atoms with Gasteiger partial charge in [0.15, 0.2) is 0 Å². The summed E-state index contributed by atoms with van der Waals surface area (Å²) < 4.78 is 15.3. The van der Waals surface area contributed by atoms with Crippen molar-refractivity contribution < 1.29 is 9.18 Å². The molecule has 4 nitrogen and oxygen atoms in total. The highest BCUT2D eigenvalue weighted by Gasteiger charge is 2.10. The molecule has 0 N–H and O–H groups in total. The molecule has 0 aliphatic carbocycles. The van der Waals surface area contributed by atoms with E-state index in [0.29, 0.717) is 10.4 Å². The summed E-state index contributed by atoms with van der Waals surface area (Å²) in [7, 11) is 0. The molecule has 0 aliphatic heterocycles. The van der Waals surface area contributed by atoms with Crippen LogP contribution in [0.3, 0.4) is 0 Å². The van der Waals surface area contributed by atoms with Crippen LogP contribution in [0.5, 0.6) is 0 Å². The number of aromatic nitrogens is 2. The first kappa shape index (κ1) is 12.7. The fourth-order valence-electron chi connectivity index (χ4n) is 1.77. The molecule has 3 rings (SSSR count). The standard InChI is InChI=1S/C14H10FN3OS/c1-9-6-7-12-16-14(20-18(12)8-9)17-13(19)10-4-2-3-5-11(10)15/h2-8H,1H3. The Morgan fingerprint density at radius 2 is 2.10 bits per heavy atom. The van der Waals surface area contributed by atoms with Gasteiger partial charge in [0, 0.05) is 6.20 Å². The average Bonchev–Trinajstić information content (AvgIpc) is 2.80. The zero-order valence-corrected chi connectivity index (χ0v) is 11.4. The van der Waals surface area contributed by atoms with Crippen molar-refractivity contribution in [1.29, 1.82) is 0 Å². The van der Waals surface area contributed by atoms with E-state index in [2.05, 4.69) is 9.98 Å². The zero-order chi connectivity index (χ0) is 14.1. The van der Waals surface area contributed by atoms with Gasteiger partial charge in [-0.3, -0.25) is 8.58 Å². The minimum Gasteiger partial charge on any atom is -0.267 e. The summed E-state index contributed by atoms with van der Waals surface area (Å²) in [6.07, 6.45) is 1.90. The van der Waals surface area contributed by atoms with Gasteiger partial charge >= 0.3 is 0 Å². The lowest BCUT2D eigenvalue weighted by atomic mass is 10.2. The number of carbonyl (C=O) groups excluding carboxylic acids is 1. The van der Waals surface area contributed by atoms with Gasteiger partial charge in [0.1, 0.15) is 11.5 Å². The number of benzene rings is 1. The molecule has 2 heterocycles. The summed E-state index contributed by atoms with van der Waals surface area (Å²) in [4.78, 5) is 20.3. The van der Waals surface area contributed by atoms with Crippen LogP contribution in [0, 0.1) is 12.7 Å². The molecule has 0 spiro atoms. The number of halogens is 1. The quantitative estimate of drug-likeness (QED) is 0.690. The van der Waals surface area contributed by atoms with Crippen molar-refractivity contribution in [3.63, 3.8) is 0 Å². The van der Waals surface area contributed by atoms with E-state index in [1.54, 1.807) is 6.07 Å². The Hall–Kier alpha value is -2.34. The van der Waals surface area contributed by atoms with E-state index in [9.17, 15) is 9.18 Å².